The van der Waals surface area contributed by atoms with Gasteiger partial charge in [0.25, 0.3) is 0 Å². The summed E-state index contributed by atoms with van der Waals surface area (Å²) in [5, 5.41) is 54.3. The highest BCUT2D eigenvalue weighted by Gasteiger charge is 2.44. The molecule has 0 aliphatic carbocycles. The average molecular weight is 798 g/mol. The highest BCUT2D eigenvalue weighted by Crippen LogP contribution is 2.23. The predicted molar refractivity (Wildman–Crippen MR) is 231 cm³/mol. The summed E-state index contributed by atoms with van der Waals surface area (Å²) in [5.41, 5.74) is 0. The summed E-state index contributed by atoms with van der Waals surface area (Å²) >= 11 is 0. The van der Waals surface area contributed by atoms with E-state index in [0.29, 0.717) is 12.8 Å². The van der Waals surface area contributed by atoms with Crippen molar-refractivity contribution in [3.63, 3.8) is 0 Å². The summed E-state index contributed by atoms with van der Waals surface area (Å²) in [6.45, 7) is 3.83. The van der Waals surface area contributed by atoms with Crippen LogP contribution < -0.4 is 5.32 Å². The third kappa shape index (κ3) is 28.4. The van der Waals surface area contributed by atoms with Gasteiger partial charge >= 0.3 is 0 Å². The normalized spacial score (nSPS) is 21.2. The second-order valence-electron chi connectivity index (χ2n) is 16.9. The first kappa shape index (κ1) is 52.9. The van der Waals surface area contributed by atoms with E-state index >= 15 is 0 Å². The summed E-state index contributed by atoms with van der Waals surface area (Å²) in [6.07, 6.45) is 36.5. The van der Waals surface area contributed by atoms with Crippen molar-refractivity contribution >= 4 is 5.91 Å². The van der Waals surface area contributed by atoms with Crippen molar-refractivity contribution < 1.29 is 39.8 Å². The van der Waals surface area contributed by atoms with Crippen molar-refractivity contribution in [2.24, 2.45) is 0 Å². The maximum absolute atomic E-state index is 13.0. The molecular formula is C47H91NO8. The van der Waals surface area contributed by atoms with E-state index in [1.807, 2.05) is 0 Å². The maximum atomic E-state index is 13.0. The Morgan fingerprint density at radius 2 is 1.00 bits per heavy atom. The lowest BCUT2D eigenvalue weighted by Gasteiger charge is -2.40. The van der Waals surface area contributed by atoms with Gasteiger partial charge in [-0.2, -0.15) is 0 Å². The molecule has 1 aliphatic heterocycles. The first-order valence-electron chi connectivity index (χ1n) is 23.9. The molecule has 1 amide bonds. The van der Waals surface area contributed by atoms with Crippen LogP contribution in [0.5, 0.6) is 0 Å². The van der Waals surface area contributed by atoms with Crippen molar-refractivity contribution in [3.05, 3.63) is 12.2 Å². The van der Waals surface area contributed by atoms with E-state index in [4.69, 9.17) is 9.47 Å². The molecule has 332 valence electrons. The Hall–Kier alpha value is -1.07. The Labute approximate surface area is 344 Å². The molecule has 1 saturated heterocycles. The number of aliphatic hydroxyl groups excluding tert-OH is 5. The van der Waals surface area contributed by atoms with E-state index < -0.39 is 49.5 Å². The van der Waals surface area contributed by atoms with Crippen molar-refractivity contribution in [3.8, 4) is 0 Å². The molecule has 0 bridgehead atoms. The van der Waals surface area contributed by atoms with E-state index in [1.54, 1.807) is 0 Å². The number of hydrogen-bond acceptors (Lipinski definition) is 8. The fourth-order valence-electron chi connectivity index (χ4n) is 7.74. The van der Waals surface area contributed by atoms with Crippen LogP contribution in [0.3, 0.4) is 0 Å². The van der Waals surface area contributed by atoms with Gasteiger partial charge in [0.2, 0.25) is 5.91 Å². The quantitative estimate of drug-likeness (QED) is 0.0265. The van der Waals surface area contributed by atoms with Gasteiger partial charge in [-0.1, -0.05) is 193 Å². The molecule has 6 N–H and O–H groups in total. The molecular weight excluding hydrogens is 707 g/mol. The van der Waals surface area contributed by atoms with Gasteiger partial charge in [-0.15, -0.1) is 0 Å². The second-order valence-corrected chi connectivity index (χ2v) is 16.9. The summed E-state index contributed by atoms with van der Waals surface area (Å²) in [4.78, 5) is 13.0. The van der Waals surface area contributed by atoms with Crippen LogP contribution in [0.1, 0.15) is 226 Å². The lowest BCUT2D eigenvalue weighted by Crippen LogP contribution is -2.60. The molecule has 9 heteroatoms. The van der Waals surface area contributed by atoms with Gasteiger partial charge in [0.05, 0.1) is 25.4 Å². The molecule has 1 aliphatic rings. The van der Waals surface area contributed by atoms with Gasteiger partial charge in [-0.05, 0) is 38.5 Å². The maximum Gasteiger partial charge on any atom is 0.220 e. The van der Waals surface area contributed by atoms with Crippen LogP contribution in [0.25, 0.3) is 0 Å². The largest absolute Gasteiger partial charge is 0.394 e. The number of rotatable bonds is 40. The lowest BCUT2D eigenvalue weighted by atomic mass is 9.99. The predicted octanol–water partition coefficient (Wildman–Crippen LogP) is 10.1. The molecule has 1 fully saturated rings. The molecule has 7 atom stereocenters. The highest BCUT2D eigenvalue weighted by molar-refractivity contribution is 5.76. The van der Waals surface area contributed by atoms with Crippen LogP contribution in [0.15, 0.2) is 12.2 Å². The second kappa shape index (κ2) is 38.2. The van der Waals surface area contributed by atoms with E-state index in [9.17, 15) is 30.3 Å². The number of allylic oxidation sites excluding steroid dienone is 2. The molecule has 7 unspecified atom stereocenters. The molecule has 9 nitrogen and oxygen atoms in total. The van der Waals surface area contributed by atoms with E-state index in [2.05, 4.69) is 31.3 Å². The zero-order valence-electron chi connectivity index (χ0n) is 36.4. The smallest absolute Gasteiger partial charge is 0.220 e. The van der Waals surface area contributed by atoms with Crippen LogP contribution >= 0.6 is 0 Å². The number of hydrogen-bond donors (Lipinski definition) is 6. The first-order valence-corrected chi connectivity index (χ1v) is 23.9. The molecule has 0 spiro atoms. The van der Waals surface area contributed by atoms with Crippen LogP contribution in [-0.2, 0) is 14.3 Å². The Bertz CT molecular complexity index is 888. The number of nitrogens with one attached hydrogen (secondary N) is 1. The van der Waals surface area contributed by atoms with Crippen LogP contribution in [0.4, 0.5) is 0 Å². The highest BCUT2D eigenvalue weighted by atomic mass is 16.7. The molecule has 0 aromatic carbocycles. The summed E-state index contributed by atoms with van der Waals surface area (Å²) in [6, 6.07) is -0.716. The molecule has 0 aromatic rings. The van der Waals surface area contributed by atoms with Crippen LogP contribution in [-0.4, -0.2) is 87.5 Å². The monoisotopic (exact) mass is 798 g/mol. The Morgan fingerprint density at radius 1 is 0.589 bits per heavy atom. The number of aliphatic hydroxyl groups is 5. The number of amides is 1. The summed E-state index contributed by atoms with van der Waals surface area (Å²) in [7, 11) is 0. The topological polar surface area (TPSA) is 149 Å². The molecule has 1 heterocycles. The van der Waals surface area contributed by atoms with Crippen molar-refractivity contribution in [1.29, 1.82) is 0 Å². The van der Waals surface area contributed by atoms with Crippen molar-refractivity contribution in [2.45, 2.75) is 269 Å². The first-order chi connectivity index (χ1) is 27.3. The van der Waals surface area contributed by atoms with Gasteiger partial charge in [0.15, 0.2) is 6.29 Å². The van der Waals surface area contributed by atoms with Crippen molar-refractivity contribution in [1.82, 2.24) is 5.32 Å². The standard InChI is InChI=1S/C47H91NO8/c1-3-5-7-9-11-13-15-16-17-18-19-20-21-22-23-24-25-27-29-31-33-35-37-43(51)48-40(39-55-47-46(54)45(53)44(52)42(38-49)56-47)41(50)36-34-32-30-28-26-14-12-10-8-6-4-2/h21-22,40-42,44-47,49-50,52-54H,3-20,23-39H2,1-2H3,(H,48,51)/b22-21-. The average Bonchev–Trinajstić information content (AvgIpc) is 3.20. The van der Waals surface area contributed by atoms with Gasteiger partial charge in [0.1, 0.15) is 24.4 Å². The minimum atomic E-state index is -1.55. The van der Waals surface area contributed by atoms with E-state index in [-0.39, 0.29) is 12.5 Å². The molecule has 56 heavy (non-hydrogen) atoms. The number of carbonyl (C=O) groups excluding carboxylic acids is 1. The molecule has 0 aromatic heterocycles. The molecule has 1 rings (SSSR count). The zero-order chi connectivity index (χ0) is 40.9. The summed E-state index contributed by atoms with van der Waals surface area (Å²) < 4.78 is 11.2. The Balaban J connectivity index is 2.25. The fourth-order valence-corrected chi connectivity index (χ4v) is 7.74. The van der Waals surface area contributed by atoms with Crippen molar-refractivity contribution in [2.75, 3.05) is 13.2 Å². The number of unbranched alkanes of at least 4 members (excludes halogenated alkanes) is 28. The van der Waals surface area contributed by atoms with Crippen LogP contribution in [0.2, 0.25) is 0 Å². The van der Waals surface area contributed by atoms with Gasteiger partial charge in [-0.25, -0.2) is 0 Å². The lowest BCUT2D eigenvalue weighted by molar-refractivity contribution is -0.302. The van der Waals surface area contributed by atoms with Gasteiger partial charge in [0, 0.05) is 6.42 Å². The number of carbonyl (C=O) groups is 1. The molecule has 0 radical (unpaired) electrons. The SMILES string of the molecule is CCCCCCCCCCCCC/C=C\CCCCCCCCCC(=O)NC(COC1OC(CO)C(O)C(O)C1O)C(O)CCCCCCCCCCCCC. The zero-order valence-corrected chi connectivity index (χ0v) is 36.4. The van der Waals surface area contributed by atoms with E-state index in [0.717, 1.165) is 38.5 Å². The van der Waals surface area contributed by atoms with E-state index in [1.165, 1.54) is 161 Å². The minimum absolute atomic E-state index is 0.137. The Kier molecular flexibility index (Phi) is 36.1. The number of ether oxygens (including phenoxy) is 2. The Morgan fingerprint density at radius 3 is 1.45 bits per heavy atom. The van der Waals surface area contributed by atoms with Gasteiger partial charge < -0.3 is 40.3 Å². The van der Waals surface area contributed by atoms with Gasteiger partial charge in [-0.3, -0.25) is 4.79 Å². The van der Waals surface area contributed by atoms with Crippen LogP contribution in [0, 0.1) is 0 Å². The summed E-state index contributed by atoms with van der Waals surface area (Å²) in [5.74, 6) is -0.148. The third-order valence-corrected chi connectivity index (χ3v) is 11.6. The minimum Gasteiger partial charge on any atom is -0.394 e. The molecule has 0 saturated carbocycles. The fraction of sp³-hybridized carbons (Fsp3) is 0.936. The third-order valence-electron chi connectivity index (χ3n) is 11.6.